The standard InChI is InChI=1S/C17H27NO3S/c1-14(2)22(20,21)12-7-5-3-4-6-9-15-10-8-11-16(13-15)17(18)19/h8,10-11,13-14H,3-7,9,12H2,1-2H3,(H2,18,19). The summed E-state index contributed by atoms with van der Waals surface area (Å²) >= 11 is 0. The van der Waals surface area contributed by atoms with Crippen molar-refractivity contribution in [2.75, 3.05) is 5.75 Å². The van der Waals surface area contributed by atoms with Crippen LogP contribution in [0.15, 0.2) is 24.3 Å². The van der Waals surface area contributed by atoms with Crippen molar-refractivity contribution in [3.8, 4) is 0 Å². The van der Waals surface area contributed by atoms with Gasteiger partial charge in [0.05, 0.1) is 11.0 Å². The number of carbonyl (C=O) groups is 1. The predicted octanol–water partition coefficient (Wildman–Crippen LogP) is 3.10. The molecule has 1 rings (SSSR count). The largest absolute Gasteiger partial charge is 0.366 e. The lowest BCUT2D eigenvalue weighted by molar-refractivity contribution is 0.1000. The van der Waals surface area contributed by atoms with E-state index in [-0.39, 0.29) is 5.25 Å². The molecule has 1 amide bonds. The first-order valence-electron chi connectivity index (χ1n) is 7.93. The summed E-state index contributed by atoms with van der Waals surface area (Å²) in [6.07, 6.45) is 5.78. The minimum atomic E-state index is -2.89. The van der Waals surface area contributed by atoms with E-state index in [1.165, 1.54) is 0 Å². The van der Waals surface area contributed by atoms with Gasteiger partial charge in [0.25, 0.3) is 0 Å². The number of sulfone groups is 1. The van der Waals surface area contributed by atoms with E-state index < -0.39 is 15.7 Å². The number of primary amides is 1. The van der Waals surface area contributed by atoms with E-state index in [1.54, 1.807) is 19.9 Å². The van der Waals surface area contributed by atoms with Crippen molar-refractivity contribution in [3.05, 3.63) is 35.4 Å². The second kappa shape index (κ2) is 8.93. The van der Waals surface area contributed by atoms with Crippen LogP contribution in [0.4, 0.5) is 0 Å². The summed E-state index contributed by atoms with van der Waals surface area (Å²) in [4.78, 5) is 11.1. The van der Waals surface area contributed by atoms with E-state index in [0.717, 1.165) is 44.1 Å². The van der Waals surface area contributed by atoms with Crippen molar-refractivity contribution >= 4 is 15.7 Å². The molecule has 0 unspecified atom stereocenters. The van der Waals surface area contributed by atoms with Crippen LogP contribution in [-0.2, 0) is 16.3 Å². The highest BCUT2D eigenvalue weighted by Gasteiger charge is 2.14. The Hall–Kier alpha value is -1.36. The van der Waals surface area contributed by atoms with Gasteiger partial charge in [-0.15, -0.1) is 0 Å². The third-order valence-corrected chi connectivity index (χ3v) is 6.12. The van der Waals surface area contributed by atoms with Crippen molar-refractivity contribution < 1.29 is 13.2 Å². The second-order valence-electron chi connectivity index (χ2n) is 6.00. The molecule has 0 heterocycles. The van der Waals surface area contributed by atoms with Crippen molar-refractivity contribution in [1.82, 2.24) is 0 Å². The fourth-order valence-electron chi connectivity index (χ4n) is 2.28. The topological polar surface area (TPSA) is 77.2 Å². The molecule has 124 valence electrons. The van der Waals surface area contributed by atoms with Crippen LogP contribution in [0, 0.1) is 0 Å². The smallest absolute Gasteiger partial charge is 0.248 e. The maximum atomic E-state index is 11.7. The Morgan fingerprint density at radius 2 is 1.73 bits per heavy atom. The average molecular weight is 325 g/mol. The third-order valence-electron chi connectivity index (χ3n) is 3.82. The summed E-state index contributed by atoms with van der Waals surface area (Å²) in [5.41, 5.74) is 6.94. The lowest BCUT2D eigenvalue weighted by Crippen LogP contribution is -2.17. The molecule has 2 N–H and O–H groups in total. The minimum absolute atomic E-state index is 0.273. The van der Waals surface area contributed by atoms with Crippen molar-refractivity contribution in [2.24, 2.45) is 5.73 Å². The number of hydrogen-bond donors (Lipinski definition) is 1. The van der Waals surface area contributed by atoms with Crippen LogP contribution < -0.4 is 5.73 Å². The van der Waals surface area contributed by atoms with Crippen LogP contribution in [0.25, 0.3) is 0 Å². The van der Waals surface area contributed by atoms with Gasteiger partial charge in [-0.2, -0.15) is 0 Å². The molecule has 0 bridgehead atoms. The number of nitrogens with two attached hydrogens (primary N) is 1. The summed E-state index contributed by atoms with van der Waals surface area (Å²) < 4.78 is 23.3. The number of hydrogen-bond acceptors (Lipinski definition) is 3. The number of benzene rings is 1. The number of carbonyl (C=O) groups excluding carboxylic acids is 1. The Kier molecular flexibility index (Phi) is 7.59. The molecule has 0 atom stereocenters. The molecule has 0 aliphatic rings. The van der Waals surface area contributed by atoms with Gasteiger partial charge in [0, 0.05) is 5.56 Å². The van der Waals surface area contributed by atoms with Crippen molar-refractivity contribution in [2.45, 2.75) is 57.6 Å². The SMILES string of the molecule is CC(C)S(=O)(=O)CCCCCCCc1cccc(C(N)=O)c1. The zero-order chi connectivity index (χ0) is 16.6. The number of rotatable bonds is 10. The number of aryl methyl sites for hydroxylation is 1. The third kappa shape index (κ3) is 6.60. The Morgan fingerprint density at radius 3 is 2.36 bits per heavy atom. The lowest BCUT2D eigenvalue weighted by atomic mass is 10.0. The molecule has 22 heavy (non-hydrogen) atoms. The molecular weight excluding hydrogens is 298 g/mol. The molecule has 1 aromatic carbocycles. The zero-order valence-electron chi connectivity index (χ0n) is 13.5. The second-order valence-corrected chi connectivity index (χ2v) is 8.67. The highest BCUT2D eigenvalue weighted by Crippen LogP contribution is 2.12. The molecule has 0 aliphatic heterocycles. The van der Waals surface area contributed by atoms with Crippen LogP contribution in [0.2, 0.25) is 0 Å². The number of amides is 1. The molecule has 0 spiro atoms. The fourth-order valence-corrected chi connectivity index (χ4v) is 3.36. The van der Waals surface area contributed by atoms with Crippen LogP contribution >= 0.6 is 0 Å². The Morgan fingerprint density at radius 1 is 1.09 bits per heavy atom. The van der Waals surface area contributed by atoms with E-state index >= 15 is 0 Å². The summed E-state index contributed by atoms with van der Waals surface area (Å²) in [6.45, 7) is 3.46. The van der Waals surface area contributed by atoms with E-state index in [0.29, 0.717) is 11.3 Å². The Bertz CT molecular complexity index is 579. The van der Waals surface area contributed by atoms with Gasteiger partial charge in [0.15, 0.2) is 9.84 Å². The summed E-state index contributed by atoms with van der Waals surface area (Å²) in [5, 5.41) is -0.273. The monoisotopic (exact) mass is 325 g/mol. The van der Waals surface area contributed by atoms with Gasteiger partial charge in [-0.25, -0.2) is 8.42 Å². The van der Waals surface area contributed by atoms with Gasteiger partial charge in [-0.05, 0) is 50.8 Å². The highest BCUT2D eigenvalue weighted by molar-refractivity contribution is 7.91. The molecule has 0 saturated heterocycles. The van der Waals surface area contributed by atoms with Gasteiger partial charge < -0.3 is 5.73 Å². The molecule has 0 fully saturated rings. The normalized spacial score (nSPS) is 11.8. The average Bonchev–Trinajstić information content (AvgIpc) is 2.46. The summed E-state index contributed by atoms with van der Waals surface area (Å²) in [5.74, 6) is -0.0982. The maximum Gasteiger partial charge on any atom is 0.248 e. The molecule has 0 saturated carbocycles. The van der Waals surface area contributed by atoms with Gasteiger partial charge in [0.1, 0.15) is 0 Å². The van der Waals surface area contributed by atoms with Crippen molar-refractivity contribution in [1.29, 1.82) is 0 Å². The Labute approximate surface area is 134 Å². The van der Waals surface area contributed by atoms with Crippen LogP contribution in [-0.4, -0.2) is 25.3 Å². The molecule has 5 heteroatoms. The van der Waals surface area contributed by atoms with Crippen molar-refractivity contribution in [3.63, 3.8) is 0 Å². The minimum Gasteiger partial charge on any atom is -0.366 e. The molecular formula is C17H27NO3S. The molecule has 4 nitrogen and oxygen atoms in total. The van der Waals surface area contributed by atoms with Crippen LogP contribution in [0.1, 0.15) is 61.9 Å². The van der Waals surface area contributed by atoms with E-state index in [2.05, 4.69) is 0 Å². The summed E-state index contributed by atoms with van der Waals surface area (Å²) in [6, 6.07) is 7.42. The zero-order valence-corrected chi connectivity index (χ0v) is 14.4. The lowest BCUT2D eigenvalue weighted by Gasteiger charge is -2.07. The molecule has 1 aromatic rings. The Balaban J connectivity index is 2.19. The van der Waals surface area contributed by atoms with Gasteiger partial charge in [-0.1, -0.05) is 31.4 Å². The molecule has 0 radical (unpaired) electrons. The molecule has 0 aliphatic carbocycles. The van der Waals surface area contributed by atoms with Crippen LogP contribution in [0.3, 0.4) is 0 Å². The van der Waals surface area contributed by atoms with Gasteiger partial charge in [-0.3, -0.25) is 4.79 Å². The first kappa shape index (κ1) is 18.7. The highest BCUT2D eigenvalue weighted by atomic mass is 32.2. The maximum absolute atomic E-state index is 11.7. The first-order valence-corrected chi connectivity index (χ1v) is 9.65. The molecule has 0 aromatic heterocycles. The quantitative estimate of drug-likeness (QED) is 0.671. The van der Waals surface area contributed by atoms with Gasteiger partial charge in [0.2, 0.25) is 5.91 Å². The number of unbranched alkanes of at least 4 members (excludes halogenated alkanes) is 4. The van der Waals surface area contributed by atoms with E-state index in [4.69, 9.17) is 5.73 Å². The van der Waals surface area contributed by atoms with Gasteiger partial charge >= 0.3 is 0 Å². The van der Waals surface area contributed by atoms with Crippen LogP contribution in [0.5, 0.6) is 0 Å². The predicted molar refractivity (Wildman–Crippen MR) is 90.7 cm³/mol. The van der Waals surface area contributed by atoms with E-state index in [1.807, 2.05) is 18.2 Å². The van der Waals surface area contributed by atoms with E-state index in [9.17, 15) is 13.2 Å². The summed E-state index contributed by atoms with van der Waals surface area (Å²) in [7, 11) is -2.89. The fraction of sp³-hybridized carbons (Fsp3) is 0.588. The first-order chi connectivity index (χ1) is 10.3.